The zero-order valence-electron chi connectivity index (χ0n) is 9.48. The van der Waals surface area contributed by atoms with E-state index in [2.05, 4.69) is 0 Å². The third-order valence-corrected chi connectivity index (χ3v) is 3.25. The Balaban J connectivity index is 2.93. The van der Waals surface area contributed by atoms with E-state index in [0.29, 0.717) is 4.90 Å². The molecule has 9 heteroatoms. The van der Waals surface area contributed by atoms with Crippen LogP contribution in [0.5, 0.6) is 0 Å². The molecule has 0 bridgehead atoms. The van der Waals surface area contributed by atoms with Crippen molar-refractivity contribution < 1.29 is 24.7 Å². The van der Waals surface area contributed by atoms with Crippen molar-refractivity contribution in [2.24, 2.45) is 5.73 Å². The lowest BCUT2D eigenvalue weighted by molar-refractivity contribution is -0.385. The second-order valence-corrected chi connectivity index (χ2v) is 4.59. The molecule has 0 spiro atoms. The van der Waals surface area contributed by atoms with E-state index >= 15 is 0 Å². The standard InChI is InChI=1S/C10H10N2O6S/c11-7(10(15)16)4-19-5-1-2-8(12(17)18)6(3-5)9(13)14/h1-3,7H,4,11H2,(H,13,14)(H,15,16)/t7-/m0/s1. The van der Waals surface area contributed by atoms with E-state index in [1.807, 2.05) is 0 Å². The number of aromatic carboxylic acids is 1. The second kappa shape index (κ2) is 6.16. The van der Waals surface area contributed by atoms with Crippen molar-refractivity contribution >= 4 is 29.4 Å². The monoisotopic (exact) mass is 286 g/mol. The van der Waals surface area contributed by atoms with Gasteiger partial charge in [-0.2, -0.15) is 0 Å². The number of carboxylic acid groups (broad SMARTS) is 2. The molecule has 0 aliphatic carbocycles. The van der Waals surface area contributed by atoms with Gasteiger partial charge in [-0.05, 0) is 12.1 Å². The first-order chi connectivity index (χ1) is 8.82. The van der Waals surface area contributed by atoms with Crippen molar-refractivity contribution in [1.82, 2.24) is 0 Å². The van der Waals surface area contributed by atoms with E-state index in [1.54, 1.807) is 0 Å². The smallest absolute Gasteiger partial charge is 0.342 e. The molecule has 0 saturated carbocycles. The molecule has 0 heterocycles. The Morgan fingerprint density at radius 2 is 2.05 bits per heavy atom. The Morgan fingerprint density at radius 1 is 1.42 bits per heavy atom. The molecule has 0 saturated heterocycles. The van der Waals surface area contributed by atoms with Crippen LogP contribution >= 0.6 is 11.8 Å². The predicted molar refractivity (Wildman–Crippen MR) is 66.4 cm³/mol. The van der Waals surface area contributed by atoms with Gasteiger partial charge in [-0.25, -0.2) is 4.79 Å². The maximum Gasteiger partial charge on any atom is 0.342 e. The highest BCUT2D eigenvalue weighted by atomic mass is 32.2. The third kappa shape index (κ3) is 3.93. The van der Waals surface area contributed by atoms with Gasteiger partial charge < -0.3 is 15.9 Å². The highest BCUT2D eigenvalue weighted by Crippen LogP contribution is 2.26. The van der Waals surface area contributed by atoms with Crippen molar-refractivity contribution in [1.29, 1.82) is 0 Å². The average molecular weight is 286 g/mol. The van der Waals surface area contributed by atoms with E-state index < -0.39 is 34.2 Å². The Bertz CT molecular complexity index is 533. The molecule has 0 aliphatic rings. The number of nitrogens with two attached hydrogens (primary N) is 1. The summed E-state index contributed by atoms with van der Waals surface area (Å²) in [5.41, 5.74) is 4.34. The number of carboxylic acids is 2. The van der Waals surface area contributed by atoms with Crippen molar-refractivity contribution in [3.63, 3.8) is 0 Å². The molecule has 102 valence electrons. The van der Waals surface area contributed by atoms with Crippen molar-refractivity contribution in [3.8, 4) is 0 Å². The molecule has 0 radical (unpaired) electrons. The van der Waals surface area contributed by atoms with Gasteiger partial charge in [0.2, 0.25) is 0 Å². The number of rotatable bonds is 6. The van der Waals surface area contributed by atoms with Crippen LogP contribution in [0.3, 0.4) is 0 Å². The van der Waals surface area contributed by atoms with Crippen LogP contribution in [0.2, 0.25) is 0 Å². The van der Waals surface area contributed by atoms with Crippen molar-refractivity contribution in [2.75, 3.05) is 5.75 Å². The van der Waals surface area contributed by atoms with Crippen molar-refractivity contribution in [3.05, 3.63) is 33.9 Å². The fourth-order valence-corrected chi connectivity index (χ4v) is 2.07. The number of aliphatic carboxylic acids is 1. The zero-order valence-corrected chi connectivity index (χ0v) is 10.3. The van der Waals surface area contributed by atoms with Gasteiger partial charge in [-0.1, -0.05) is 0 Å². The number of benzene rings is 1. The first-order valence-corrected chi connectivity index (χ1v) is 5.94. The molecular weight excluding hydrogens is 276 g/mol. The number of nitro groups is 1. The Hall–Kier alpha value is -2.13. The highest BCUT2D eigenvalue weighted by Gasteiger charge is 2.20. The molecule has 0 amide bonds. The van der Waals surface area contributed by atoms with Crippen LogP contribution in [0.25, 0.3) is 0 Å². The zero-order chi connectivity index (χ0) is 14.6. The number of nitro benzene ring substituents is 1. The topological polar surface area (TPSA) is 144 Å². The minimum Gasteiger partial charge on any atom is -0.480 e. The fourth-order valence-electron chi connectivity index (χ4n) is 1.19. The lowest BCUT2D eigenvalue weighted by atomic mass is 10.2. The summed E-state index contributed by atoms with van der Waals surface area (Å²) >= 11 is 1.02. The van der Waals surface area contributed by atoms with Gasteiger partial charge in [0.15, 0.2) is 0 Å². The van der Waals surface area contributed by atoms with Gasteiger partial charge in [-0.3, -0.25) is 14.9 Å². The Kier molecular flexibility index (Phi) is 4.84. The third-order valence-electron chi connectivity index (χ3n) is 2.14. The first kappa shape index (κ1) is 14.9. The van der Waals surface area contributed by atoms with Crippen molar-refractivity contribution in [2.45, 2.75) is 10.9 Å². The van der Waals surface area contributed by atoms with E-state index in [4.69, 9.17) is 15.9 Å². The van der Waals surface area contributed by atoms with Gasteiger partial charge in [0.25, 0.3) is 5.69 Å². The van der Waals surface area contributed by atoms with Crippen LogP contribution < -0.4 is 5.73 Å². The summed E-state index contributed by atoms with van der Waals surface area (Å²) in [4.78, 5) is 31.7. The fraction of sp³-hybridized carbons (Fsp3) is 0.200. The molecule has 0 aliphatic heterocycles. The molecule has 8 nitrogen and oxygen atoms in total. The molecule has 1 aromatic carbocycles. The number of carbonyl (C=O) groups is 2. The van der Waals surface area contributed by atoms with Gasteiger partial charge in [0.05, 0.1) is 4.92 Å². The van der Waals surface area contributed by atoms with Crippen LogP contribution in [-0.4, -0.2) is 38.9 Å². The molecule has 1 aromatic rings. The molecule has 0 aromatic heterocycles. The first-order valence-electron chi connectivity index (χ1n) is 4.96. The minimum absolute atomic E-state index is 0.0339. The highest BCUT2D eigenvalue weighted by molar-refractivity contribution is 7.99. The maximum absolute atomic E-state index is 10.9. The van der Waals surface area contributed by atoms with Crippen LogP contribution in [0, 0.1) is 10.1 Å². The molecule has 0 unspecified atom stereocenters. The Morgan fingerprint density at radius 3 is 2.53 bits per heavy atom. The number of thioether (sulfide) groups is 1. The SMILES string of the molecule is N[C@@H](CSc1ccc([N+](=O)[O-])c(C(=O)O)c1)C(=O)O. The quantitative estimate of drug-likeness (QED) is 0.395. The average Bonchev–Trinajstić information content (AvgIpc) is 2.35. The number of hydrogen-bond acceptors (Lipinski definition) is 6. The predicted octanol–water partition coefficient (Wildman–Crippen LogP) is 0.797. The summed E-state index contributed by atoms with van der Waals surface area (Å²) in [6.07, 6.45) is 0. The summed E-state index contributed by atoms with van der Waals surface area (Å²) in [7, 11) is 0. The van der Waals surface area contributed by atoms with E-state index in [9.17, 15) is 19.7 Å². The summed E-state index contributed by atoms with van der Waals surface area (Å²) in [5, 5.41) is 28.1. The summed E-state index contributed by atoms with van der Waals surface area (Å²) in [5.74, 6) is -2.56. The Labute approximate surface area is 111 Å². The van der Waals surface area contributed by atoms with Crippen LogP contribution in [-0.2, 0) is 4.79 Å². The molecule has 1 atom stereocenters. The van der Waals surface area contributed by atoms with Gasteiger partial charge in [0, 0.05) is 16.7 Å². The molecule has 1 rings (SSSR count). The summed E-state index contributed by atoms with van der Waals surface area (Å²) in [6.45, 7) is 0. The van der Waals surface area contributed by atoms with E-state index in [1.165, 1.54) is 6.07 Å². The second-order valence-electron chi connectivity index (χ2n) is 3.50. The van der Waals surface area contributed by atoms with E-state index in [-0.39, 0.29) is 5.75 Å². The maximum atomic E-state index is 10.9. The summed E-state index contributed by atoms with van der Waals surface area (Å²) in [6, 6.07) is 2.45. The van der Waals surface area contributed by atoms with E-state index in [0.717, 1.165) is 23.9 Å². The molecule has 4 N–H and O–H groups in total. The summed E-state index contributed by atoms with van der Waals surface area (Å²) < 4.78 is 0. The van der Waals surface area contributed by atoms with Gasteiger partial charge in [-0.15, -0.1) is 11.8 Å². The lowest BCUT2D eigenvalue weighted by Crippen LogP contribution is -2.32. The normalized spacial score (nSPS) is 11.8. The number of hydrogen-bond donors (Lipinski definition) is 3. The van der Waals surface area contributed by atoms with Crippen LogP contribution in [0.1, 0.15) is 10.4 Å². The van der Waals surface area contributed by atoms with Gasteiger partial charge >= 0.3 is 11.9 Å². The van der Waals surface area contributed by atoms with Crippen LogP contribution in [0.4, 0.5) is 5.69 Å². The van der Waals surface area contributed by atoms with Crippen LogP contribution in [0.15, 0.2) is 23.1 Å². The number of nitrogens with zero attached hydrogens (tertiary/aromatic N) is 1. The molecular formula is C10H10N2O6S. The lowest BCUT2D eigenvalue weighted by Gasteiger charge is -2.06. The molecule has 0 fully saturated rings. The largest absolute Gasteiger partial charge is 0.480 e. The van der Waals surface area contributed by atoms with Gasteiger partial charge in [0.1, 0.15) is 11.6 Å². The minimum atomic E-state index is -1.42. The molecule has 19 heavy (non-hydrogen) atoms.